The van der Waals surface area contributed by atoms with Crippen LogP contribution >= 0.6 is 0 Å². The molecule has 0 saturated carbocycles. The zero-order chi connectivity index (χ0) is 12.6. The van der Waals surface area contributed by atoms with Crippen LogP contribution in [0.15, 0.2) is 12.2 Å². The third kappa shape index (κ3) is 98.0. The molecular weight excluding hydrogens is 191 g/mol. The van der Waals surface area contributed by atoms with E-state index in [1.54, 1.807) is 0 Å². The maximum absolute atomic E-state index is 2.24. The molecule has 0 atom stereocenters. The molecule has 0 fully saturated rings. The van der Waals surface area contributed by atoms with Crippen molar-refractivity contribution in [1.29, 1.82) is 0 Å². The zero-order valence-corrected chi connectivity index (χ0v) is 12.9. The van der Waals surface area contributed by atoms with Gasteiger partial charge in [0.25, 0.3) is 0 Å². The fourth-order valence-corrected chi connectivity index (χ4v) is 0.444. The molecule has 0 amide bonds. The van der Waals surface area contributed by atoms with E-state index < -0.39 is 0 Å². The van der Waals surface area contributed by atoms with Gasteiger partial charge in [0.2, 0.25) is 0 Å². The van der Waals surface area contributed by atoms with Crippen LogP contribution in [0.5, 0.6) is 0 Å². The Morgan fingerprint density at radius 2 is 0.688 bits per heavy atom. The second-order valence-electron chi connectivity index (χ2n) is 2.87. The molecule has 3 radical (unpaired) electrons. The summed E-state index contributed by atoms with van der Waals surface area (Å²) in [5.74, 6) is 1.41. The number of allylic oxidation sites excluding steroid dienone is 2. The van der Waals surface area contributed by atoms with E-state index >= 15 is 0 Å². The molecule has 0 bridgehead atoms. The van der Waals surface area contributed by atoms with E-state index in [9.17, 15) is 0 Å². The molecule has 0 nitrogen and oxygen atoms in total. The van der Waals surface area contributed by atoms with E-state index in [4.69, 9.17) is 0 Å². The van der Waals surface area contributed by atoms with Crippen molar-refractivity contribution in [3.8, 4) is 0 Å². The Bertz CT molecular complexity index is 63.5. The normalized spacial score (nSPS) is 7.25. The number of hydrogen-bond acceptors (Lipinski definition) is 0. The van der Waals surface area contributed by atoms with Gasteiger partial charge in [-0.3, -0.25) is 0 Å². The summed E-state index contributed by atoms with van der Waals surface area (Å²) in [6, 6.07) is 0. The minimum atomic E-state index is 0. The van der Waals surface area contributed by atoms with Crippen molar-refractivity contribution in [2.45, 2.75) is 76.7 Å². The molecule has 0 unspecified atom stereocenters. The highest BCUT2D eigenvalue weighted by Gasteiger charge is 1.85. The fourth-order valence-electron chi connectivity index (χ4n) is 0.444. The molecule has 16 heavy (non-hydrogen) atoms. The molecule has 101 valence electrons. The Balaban J connectivity index is -0.0000000272. The van der Waals surface area contributed by atoms with Gasteiger partial charge < -0.3 is 0 Å². The summed E-state index contributed by atoms with van der Waals surface area (Å²) < 4.78 is 0. The van der Waals surface area contributed by atoms with E-state index in [0.29, 0.717) is 11.8 Å². The van der Waals surface area contributed by atoms with Crippen LogP contribution in [-0.4, -0.2) is 8.41 Å². The summed E-state index contributed by atoms with van der Waals surface area (Å²) in [5, 5.41) is 0. The van der Waals surface area contributed by atoms with Crippen molar-refractivity contribution in [3.63, 3.8) is 0 Å². The predicted molar refractivity (Wildman–Crippen MR) is 85.3 cm³/mol. The topological polar surface area (TPSA) is 0 Å². The summed E-state index contributed by atoms with van der Waals surface area (Å²) in [6.07, 6.45) is 4.48. The van der Waals surface area contributed by atoms with Gasteiger partial charge in [-0.15, -0.1) is 0 Å². The van der Waals surface area contributed by atoms with Crippen molar-refractivity contribution in [3.05, 3.63) is 12.2 Å². The molecule has 0 saturated heterocycles. The SMILES string of the molecule is C.CC.CC.CC.CC(C)/C=C\C(C)C.[B]. The molecule has 0 aromatic carbocycles. The summed E-state index contributed by atoms with van der Waals surface area (Å²) in [7, 11) is 0. The van der Waals surface area contributed by atoms with Gasteiger partial charge in [0.05, 0.1) is 0 Å². The quantitative estimate of drug-likeness (QED) is 0.391. The molecule has 0 aromatic rings. The zero-order valence-electron chi connectivity index (χ0n) is 12.9. The highest BCUT2D eigenvalue weighted by Crippen LogP contribution is 1.99. The third-order valence-corrected chi connectivity index (χ3v) is 0.881. The molecule has 0 heterocycles. The molecule has 0 aliphatic rings. The Labute approximate surface area is 110 Å². The Morgan fingerprint density at radius 1 is 0.562 bits per heavy atom. The molecular formula is C15H38B. The van der Waals surface area contributed by atoms with Crippen LogP contribution < -0.4 is 0 Å². The van der Waals surface area contributed by atoms with Gasteiger partial charge in [0.1, 0.15) is 0 Å². The predicted octanol–water partition coefficient (Wildman–Crippen LogP) is 6.19. The maximum Gasteiger partial charge on any atom is 0 e. The number of hydrogen-bond donors (Lipinski definition) is 0. The van der Waals surface area contributed by atoms with Crippen LogP contribution in [0, 0.1) is 11.8 Å². The van der Waals surface area contributed by atoms with E-state index in [2.05, 4.69) is 39.8 Å². The molecule has 1 heteroatoms. The van der Waals surface area contributed by atoms with Gasteiger partial charge in [-0.1, -0.05) is 88.8 Å². The van der Waals surface area contributed by atoms with Gasteiger partial charge in [-0.2, -0.15) is 0 Å². The lowest BCUT2D eigenvalue weighted by molar-refractivity contribution is 0.780. The van der Waals surface area contributed by atoms with Gasteiger partial charge in [-0.05, 0) is 11.8 Å². The highest BCUT2D eigenvalue weighted by atomic mass is 13.9. The van der Waals surface area contributed by atoms with Crippen molar-refractivity contribution in [1.82, 2.24) is 0 Å². The third-order valence-electron chi connectivity index (χ3n) is 0.881. The van der Waals surface area contributed by atoms with Crippen LogP contribution in [0.25, 0.3) is 0 Å². The average Bonchev–Trinajstić information content (AvgIpc) is 2.24. The summed E-state index contributed by atoms with van der Waals surface area (Å²) in [6.45, 7) is 20.8. The molecule has 0 aliphatic heterocycles. The monoisotopic (exact) mass is 229 g/mol. The molecule has 0 aliphatic carbocycles. The lowest BCUT2D eigenvalue weighted by Gasteiger charge is -1.95. The lowest BCUT2D eigenvalue weighted by atomic mass is 10.1. The van der Waals surface area contributed by atoms with Gasteiger partial charge >= 0.3 is 0 Å². The van der Waals surface area contributed by atoms with Crippen LogP contribution in [0.2, 0.25) is 0 Å². The Hall–Kier alpha value is -0.195. The van der Waals surface area contributed by atoms with E-state index in [1.165, 1.54) is 0 Å². The van der Waals surface area contributed by atoms with Gasteiger partial charge in [-0.25, -0.2) is 0 Å². The van der Waals surface area contributed by atoms with Crippen LogP contribution in [0.1, 0.15) is 76.7 Å². The van der Waals surface area contributed by atoms with E-state index in [0.717, 1.165) is 0 Å². The second kappa shape index (κ2) is 46.3. The summed E-state index contributed by atoms with van der Waals surface area (Å²) in [5.41, 5.74) is 0. The van der Waals surface area contributed by atoms with Crippen LogP contribution in [-0.2, 0) is 0 Å². The smallest absolute Gasteiger partial charge is 0 e. The Kier molecular flexibility index (Phi) is 104. The van der Waals surface area contributed by atoms with Gasteiger partial charge in [0, 0.05) is 8.41 Å². The molecule has 0 spiro atoms. The molecule has 0 rings (SSSR count). The highest BCUT2D eigenvalue weighted by molar-refractivity contribution is 5.75. The number of rotatable bonds is 2. The second-order valence-corrected chi connectivity index (χ2v) is 2.87. The first-order valence-electron chi connectivity index (χ1n) is 6.31. The minimum absolute atomic E-state index is 0. The van der Waals surface area contributed by atoms with Crippen LogP contribution in [0.3, 0.4) is 0 Å². The first-order valence-corrected chi connectivity index (χ1v) is 6.31. The average molecular weight is 229 g/mol. The largest absolute Gasteiger partial charge is 0.0857 e. The lowest BCUT2D eigenvalue weighted by Crippen LogP contribution is -1.81. The first-order chi connectivity index (χ1) is 6.63. The standard InChI is InChI=1S/C8H16.3C2H6.CH4.B/c1-7(2)5-6-8(3)4;3*1-2;;/h5-8H,1-4H3;3*1-2H3;1H4;/b6-5-;;;;;. The van der Waals surface area contributed by atoms with Crippen molar-refractivity contribution >= 4 is 8.41 Å². The maximum atomic E-state index is 2.24. The fraction of sp³-hybridized carbons (Fsp3) is 0.867. The van der Waals surface area contributed by atoms with E-state index in [-0.39, 0.29) is 15.8 Å². The molecule has 0 N–H and O–H groups in total. The van der Waals surface area contributed by atoms with Gasteiger partial charge in [0.15, 0.2) is 0 Å². The van der Waals surface area contributed by atoms with Crippen LogP contribution in [0.4, 0.5) is 0 Å². The van der Waals surface area contributed by atoms with E-state index in [1.807, 2.05) is 41.5 Å². The first kappa shape index (κ1) is 36.0. The summed E-state index contributed by atoms with van der Waals surface area (Å²) in [4.78, 5) is 0. The summed E-state index contributed by atoms with van der Waals surface area (Å²) >= 11 is 0. The van der Waals surface area contributed by atoms with Crippen molar-refractivity contribution < 1.29 is 0 Å². The van der Waals surface area contributed by atoms with Crippen molar-refractivity contribution in [2.24, 2.45) is 11.8 Å². The van der Waals surface area contributed by atoms with Crippen molar-refractivity contribution in [2.75, 3.05) is 0 Å². The molecule has 0 aromatic heterocycles. The Morgan fingerprint density at radius 3 is 0.750 bits per heavy atom. The minimum Gasteiger partial charge on any atom is -0.0857 e.